The highest BCUT2D eigenvalue weighted by atomic mass is 32.2. The third-order valence-electron chi connectivity index (χ3n) is 3.71. The first-order valence-electron chi connectivity index (χ1n) is 7.62. The Morgan fingerprint density at radius 1 is 1.09 bits per heavy atom. The van der Waals surface area contributed by atoms with Crippen molar-refractivity contribution in [2.24, 2.45) is 0 Å². The molecule has 0 N–H and O–H groups in total. The van der Waals surface area contributed by atoms with Crippen LogP contribution in [0.4, 0.5) is 8.78 Å². The Bertz CT molecular complexity index is 842. The first-order chi connectivity index (χ1) is 11.1. The molecular weight excluding hydrogens is 314 g/mol. The molecule has 1 aromatic heterocycles. The Balaban J connectivity index is 1.98. The zero-order valence-electron chi connectivity index (χ0n) is 13.1. The van der Waals surface area contributed by atoms with Gasteiger partial charge >= 0.3 is 0 Å². The van der Waals surface area contributed by atoms with Crippen LogP contribution in [0.25, 0.3) is 11.0 Å². The molecule has 0 amide bonds. The van der Waals surface area contributed by atoms with E-state index in [1.54, 1.807) is 6.07 Å². The summed E-state index contributed by atoms with van der Waals surface area (Å²) in [7, 11) is 0. The van der Waals surface area contributed by atoms with Gasteiger partial charge in [-0.05, 0) is 55.0 Å². The largest absolute Gasteiger partial charge is 0.324 e. The molecule has 0 bridgehead atoms. The van der Waals surface area contributed by atoms with Crippen LogP contribution in [0, 0.1) is 18.6 Å². The average molecular weight is 332 g/mol. The number of benzene rings is 2. The molecule has 3 rings (SSSR count). The normalized spacial score (nSPS) is 11.3. The lowest BCUT2D eigenvalue weighted by Crippen LogP contribution is -2.03. The van der Waals surface area contributed by atoms with E-state index in [1.807, 2.05) is 29.3 Å². The van der Waals surface area contributed by atoms with Crippen LogP contribution in [0.15, 0.2) is 41.3 Å². The highest BCUT2D eigenvalue weighted by molar-refractivity contribution is 7.99. The maximum absolute atomic E-state index is 13.4. The summed E-state index contributed by atoms with van der Waals surface area (Å²) >= 11 is 1.81. The summed E-state index contributed by atoms with van der Waals surface area (Å²) in [4.78, 5) is 5.76. The molecule has 0 radical (unpaired) electrons. The molecule has 2 aromatic carbocycles. The van der Waals surface area contributed by atoms with Gasteiger partial charge in [-0.1, -0.05) is 13.0 Å². The number of nitrogens with zero attached hydrogens (tertiary/aromatic N) is 2. The van der Waals surface area contributed by atoms with Gasteiger partial charge in [0.25, 0.3) is 0 Å². The predicted molar refractivity (Wildman–Crippen MR) is 90.9 cm³/mol. The molecule has 0 saturated carbocycles. The van der Waals surface area contributed by atoms with Crippen LogP contribution < -0.4 is 0 Å². The van der Waals surface area contributed by atoms with E-state index in [-0.39, 0.29) is 0 Å². The maximum atomic E-state index is 13.4. The Morgan fingerprint density at radius 3 is 2.65 bits per heavy atom. The summed E-state index contributed by atoms with van der Waals surface area (Å²) < 4.78 is 28.5. The van der Waals surface area contributed by atoms with Gasteiger partial charge in [0.15, 0.2) is 11.6 Å². The number of imidazole rings is 1. The minimum Gasteiger partial charge on any atom is -0.324 e. The molecule has 0 spiro atoms. The molecule has 120 valence electrons. The predicted octanol–water partition coefficient (Wildman–Crippen LogP) is 5.17. The van der Waals surface area contributed by atoms with Gasteiger partial charge in [-0.15, -0.1) is 11.8 Å². The minimum absolute atomic E-state index is 0.474. The highest BCUT2D eigenvalue weighted by Crippen LogP contribution is 2.25. The van der Waals surface area contributed by atoms with E-state index in [9.17, 15) is 8.78 Å². The summed E-state index contributed by atoms with van der Waals surface area (Å²) in [5.74, 6) is 0.298. The third-order valence-corrected chi connectivity index (χ3v) is 4.91. The van der Waals surface area contributed by atoms with E-state index in [0.29, 0.717) is 6.54 Å². The van der Waals surface area contributed by atoms with Crippen LogP contribution in [-0.2, 0) is 6.54 Å². The summed E-state index contributed by atoms with van der Waals surface area (Å²) in [6.07, 6.45) is 1.12. The monoisotopic (exact) mass is 332 g/mol. The molecule has 3 aromatic rings. The molecule has 0 aliphatic heterocycles. The van der Waals surface area contributed by atoms with Crippen molar-refractivity contribution in [2.75, 3.05) is 5.75 Å². The number of hydrogen-bond acceptors (Lipinski definition) is 2. The van der Waals surface area contributed by atoms with Crippen molar-refractivity contribution in [3.8, 4) is 0 Å². The Kier molecular flexibility index (Phi) is 4.66. The van der Waals surface area contributed by atoms with Crippen molar-refractivity contribution in [1.29, 1.82) is 0 Å². The van der Waals surface area contributed by atoms with Crippen molar-refractivity contribution < 1.29 is 8.78 Å². The summed E-state index contributed by atoms with van der Waals surface area (Å²) in [6, 6.07) is 10.2. The second kappa shape index (κ2) is 6.71. The fourth-order valence-corrected chi connectivity index (χ4v) is 3.35. The lowest BCUT2D eigenvalue weighted by molar-refractivity contribution is 0.506. The molecule has 23 heavy (non-hydrogen) atoms. The second-order valence-corrected chi connectivity index (χ2v) is 6.66. The summed E-state index contributed by atoms with van der Waals surface area (Å²) in [5.41, 5.74) is 2.66. The minimum atomic E-state index is -0.820. The third kappa shape index (κ3) is 3.39. The molecule has 5 heteroatoms. The van der Waals surface area contributed by atoms with Crippen LogP contribution >= 0.6 is 11.8 Å². The Hall–Kier alpha value is -1.88. The van der Waals surface area contributed by atoms with E-state index in [2.05, 4.69) is 24.0 Å². The average Bonchev–Trinajstić information content (AvgIpc) is 2.84. The summed E-state index contributed by atoms with van der Waals surface area (Å²) in [6.45, 7) is 4.56. The topological polar surface area (TPSA) is 17.8 Å². The molecule has 0 unspecified atom stereocenters. The van der Waals surface area contributed by atoms with Gasteiger partial charge in [-0.2, -0.15) is 0 Å². The van der Waals surface area contributed by atoms with Gasteiger partial charge in [0, 0.05) is 11.4 Å². The van der Waals surface area contributed by atoms with Crippen molar-refractivity contribution in [3.63, 3.8) is 0 Å². The maximum Gasteiger partial charge on any atom is 0.159 e. The summed E-state index contributed by atoms with van der Waals surface area (Å²) in [5, 5.41) is 0. The second-order valence-electron chi connectivity index (χ2n) is 5.49. The molecule has 0 aliphatic carbocycles. The first kappa shape index (κ1) is 16.0. The number of aryl methyl sites for hydroxylation is 1. The van der Waals surface area contributed by atoms with E-state index in [0.717, 1.165) is 34.6 Å². The lowest BCUT2D eigenvalue weighted by atomic mass is 10.2. The van der Waals surface area contributed by atoms with Crippen molar-refractivity contribution in [3.05, 3.63) is 59.4 Å². The van der Waals surface area contributed by atoms with Gasteiger partial charge in [0.1, 0.15) is 5.82 Å². The fourth-order valence-electron chi connectivity index (χ4n) is 2.55. The van der Waals surface area contributed by atoms with Crippen LogP contribution in [-0.4, -0.2) is 15.3 Å². The molecule has 0 aliphatic rings. The molecule has 0 saturated heterocycles. The van der Waals surface area contributed by atoms with Crippen molar-refractivity contribution in [1.82, 2.24) is 9.55 Å². The Morgan fingerprint density at radius 2 is 1.91 bits per heavy atom. The highest BCUT2D eigenvalue weighted by Gasteiger charge is 2.10. The number of fused-ring (bicyclic) bond motifs is 1. The van der Waals surface area contributed by atoms with Gasteiger partial charge in [-0.3, -0.25) is 0 Å². The first-order valence-corrected chi connectivity index (χ1v) is 8.60. The SMILES string of the molecule is CCCSc1ccc2nc(C)n(Cc3ccc(F)c(F)c3)c2c1. The molecule has 0 atom stereocenters. The zero-order chi connectivity index (χ0) is 16.4. The van der Waals surface area contributed by atoms with Crippen LogP contribution in [0.5, 0.6) is 0 Å². The van der Waals surface area contributed by atoms with Crippen molar-refractivity contribution >= 4 is 22.8 Å². The Labute approximate surface area is 138 Å². The van der Waals surface area contributed by atoms with E-state index >= 15 is 0 Å². The molecular formula is C18H18F2N2S. The number of halogens is 2. The van der Waals surface area contributed by atoms with Crippen LogP contribution in [0.2, 0.25) is 0 Å². The van der Waals surface area contributed by atoms with Gasteiger partial charge in [0.2, 0.25) is 0 Å². The smallest absolute Gasteiger partial charge is 0.159 e. The lowest BCUT2D eigenvalue weighted by Gasteiger charge is -2.08. The zero-order valence-corrected chi connectivity index (χ0v) is 14.0. The van der Waals surface area contributed by atoms with Crippen molar-refractivity contribution in [2.45, 2.75) is 31.7 Å². The quantitative estimate of drug-likeness (QED) is 0.600. The van der Waals surface area contributed by atoms with Gasteiger partial charge in [-0.25, -0.2) is 13.8 Å². The van der Waals surface area contributed by atoms with Gasteiger partial charge < -0.3 is 4.57 Å². The van der Waals surface area contributed by atoms with E-state index in [1.165, 1.54) is 17.0 Å². The van der Waals surface area contributed by atoms with E-state index in [4.69, 9.17) is 0 Å². The fraction of sp³-hybridized carbons (Fsp3) is 0.278. The number of thioether (sulfide) groups is 1. The van der Waals surface area contributed by atoms with Gasteiger partial charge in [0.05, 0.1) is 11.0 Å². The number of aromatic nitrogens is 2. The standard InChI is InChI=1S/C18H18F2N2S/c1-3-8-23-14-5-7-17-18(10-14)22(12(2)21-17)11-13-4-6-15(19)16(20)9-13/h4-7,9-10H,3,8,11H2,1-2H3. The molecule has 2 nitrogen and oxygen atoms in total. The number of rotatable bonds is 5. The van der Waals surface area contributed by atoms with E-state index < -0.39 is 11.6 Å². The molecule has 1 heterocycles. The van der Waals surface area contributed by atoms with Crippen LogP contribution in [0.1, 0.15) is 24.7 Å². The van der Waals surface area contributed by atoms with Crippen LogP contribution in [0.3, 0.4) is 0 Å². The molecule has 0 fully saturated rings. The number of hydrogen-bond donors (Lipinski definition) is 0.